The summed E-state index contributed by atoms with van der Waals surface area (Å²) in [5.41, 5.74) is 0.447. The molecule has 0 aromatic carbocycles. The van der Waals surface area contributed by atoms with Crippen LogP contribution in [0.5, 0.6) is 0 Å². The van der Waals surface area contributed by atoms with Crippen LogP contribution in [-0.4, -0.2) is 17.0 Å². The van der Waals surface area contributed by atoms with Crippen LogP contribution in [0.1, 0.15) is 78.1 Å². The van der Waals surface area contributed by atoms with E-state index in [4.69, 9.17) is 0 Å². The number of ketones is 1. The van der Waals surface area contributed by atoms with Crippen molar-refractivity contribution in [2.45, 2.75) is 84.2 Å². The summed E-state index contributed by atoms with van der Waals surface area (Å²) in [6.45, 7) is 4.27. The third-order valence-corrected chi connectivity index (χ3v) is 9.93. The van der Waals surface area contributed by atoms with Gasteiger partial charge in [-0.3, -0.25) is 4.79 Å². The summed E-state index contributed by atoms with van der Waals surface area (Å²) in [7, 11) is 0. The van der Waals surface area contributed by atoms with Crippen LogP contribution in [0.25, 0.3) is 0 Å². The summed E-state index contributed by atoms with van der Waals surface area (Å²) in [6.07, 6.45) is 12.5. The maximum atomic E-state index is 12.6. The fourth-order valence-corrected chi connectivity index (χ4v) is 9.06. The van der Waals surface area contributed by atoms with Crippen molar-refractivity contribution >= 4 is 5.78 Å². The average molecular weight is 331 g/mol. The second-order valence-corrected chi connectivity index (χ2v) is 10.1. The minimum Gasteiger partial charge on any atom is -0.393 e. The maximum Gasteiger partial charge on any atom is 0.136 e. The van der Waals surface area contributed by atoms with Gasteiger partial charge in [0.05, 0.1) is 6.10 Å². The van der Waals surface area contributed by atoms with E-state index in [1.165, 1.54) is 51.4 Å². The number of carbonyl (C=O) groups excluding carboxylic acids is 1. The fraction of sp³-hybridized carbons (Fsp3) is 0.955. The van der Waals surface area contributed by atoms with E-state index >= 15 is 0 Å². The van der Waals surface area contributed by atoms with Gasteiger partial charge in [0.25, 0.3) is 0 Å². The van der Waals surface area contributed by atoms with Gasteiger partial charge in [0.2, 0.25) is 0 Å². The lowest BCUT2D eigenvalue weighted by atomic mass is 9.47. The lowest BCUT2D eigenvalue weighted by Crippen LogP contribution is -2.52. The van der Waals surface area contributed by atoms with Crippen LogP contribution < -0.4 is 0 Å². The normalized spacial score (nSPS) is 58.2. The van der Waals surface area contributed by atoms with Crippen LogP contribution in [0.3, 0.4) is 0 Å². The predicted octanol–water partition coefficient (Wildman–Crippen LogP) is 4.60. The van der Waals surface area contributed by atoms with Crippen molar-refractivity contribution in [3.8, 4) is 0 Å². The number of rotatable bonds is 2. The molecule has 0 aromatic heterocycles. The van der Waals surface area contributed by atoms with Crippen LogP contribution in [0.4, 0.5) is 0 Å². The lowest BCUT2D eigenvalue weighted by Gasteiger charge is -2.58. The lowest BCUT2D eigenvalue weighted by molar-refractivity contribution is -0.137. The summed E-state index contributed by atoms with van der Waals surface area (Å²) in [5, 5.41) is 10.1. The van der Waals surface area contributed by atoms with E-state index in [0.29, 0.717) is 11.2 Å². The summed E-state index contributed by atoms with van der Waals surface area (Å²) in [6, 6.07) is 0. The van der Waals surface area contributed by atoms with Crippen molar-refractivity contribution in [2.24, 2.45) is 46.3 Å². The van der Waals surface area contributed by atoms with Crippen LogP contribution >= 0.6 is 0 Å². The van der Waals surface area contributed by atoms with Gasteiger partial charge in [-0.05, 0) is 112 Å². The summed E-state index contributed by atoms with van der Waals surface area (Å²) < 4.78 is 0. The molecule has 2 heteroatoms. The molecule has 2 nitrogen and oxygen atoms in total. The first kappa shape index (κ1) is 15.9. The van der Waals surface area contributed by atoms with Gasteiger partial charge >= 0.3 is 0 Å². The van der Waals surface area contributed by atoms with Crippen LogP contribution in [0.2, 0.25) is 0 Å². The number of aliphatic hydroxyl groups excluding tert-OH is 1. The highest BCUT2D eigenvalue weighted by molar-refractivity contribution is 5.87. The largest absolute Gasteiger partial charge is 0.393 e. The Morgan fingerprint density at radius 2 is 1.83 bits per heavy atom. The highest BCUT2D eigenvalue weighted by Crippen LogP contribution is 2.81. The van der Waals surface area contributed by atoms with E-state index in [1.54, 1.807) is 0 Å². The number of carbonyl (C=O) groups is 1. The predicted molar refractivity (Wildman–Crippen MR) is 94.3 cm³/mol. The molecule has 134 valence electrons. The van der Waals surface area contributed by atoms with Crippen LogP contribution in [0, 0.1) is 46.3 Å². The summed E-state index contributed by atoms with van der Waals surface area (Å²) in [4.78, 5) is 12.6. The summed E-state index contributed by atoms with van der Waals surface area (Å²) in [5.74, 6) is 5.54. The molecule has 9 atom stereocenters. The van der Waals surface area contributed by atoms with Crippen molar-refractivity contribution in [3.05, 3.63) is 0 Å². The highest BCUT2D eigenvalue weighted by atomic mass is 16.3. The molecular formula is C22H34O2. The molecule has 0 amide bonds. The topological polar surface area (TPSA) is 37.3 Å². The van der Waals surface area contributed by atoms with Crippen LogP contribution in [0.15, 0.2) is 0 Å². The number of hydrogen-bond acceptors (Lipinski definition) is 2. The zero-order chi connectivity index (χ0) is 16.7. The molecule has 0 bridgehead atoms. The van der Waals surface area contributed by atoms with Crippen LogP contribution in [-0.2, 0) is 4.79 Å². The molecule has 0 saturated heterocycles. The highest BCUT2D eigenvalue weighted by Gasteiger charge is 2.77. The first-order chi connectivity index (χ1) is 11.5. The Kier molecular flexibility index (Phi) is 3.36. The molecule has 0 aliphatic heterocycles. The monoisotopic (exact) mass is 330 g/mol. The second kappa shape index (κ2) is 5.09. The molecule has 5 rings (SSSR count). The van der Waals surface area contributed by atoms with Gasteiger partial charge in [-0.2, -0.15) is 0 Å². The molecule has 0 heterocycles. The van der Waals surface area contributed by atoms with Gasteiger partial charge in [0, 0.05) is 5.41 Å². The fourth-order valence-electron chi connectivity index (χ4n) is 9.06. The molecule has 24 heavy (non-hydrogen) atoms. The Morgan fingerprint density at radius 1 is 1.04 bits per heavy atom. The van der Waals surface area contributed by atoms with Crippen molar-refractivity contribution in [1.82, 2.24) is 0 Å². The van der Waals surface area contributed by atoms with Gasteiger partial charge in [-0.15, -0.1) is 0 Å². The number of Topliss-reactive ketones (excluding diaryl/α,β-unsaturated/α-hetero) is 1. The van der Waals surface area contributed by atoms with Gasteiger partial charge in [0.15, 0.2) is 0 Å². The van der Waals surface area contributed by atoms with E-state index in [-0.39, 0.29) is 11.5 Å². The van der Waals surface area contributed by atoms with E-state index in [0.717, 1.165) is 48.3 Å². The van der Waals surface area contributed by atoms with Crippen molar-refractivity contribution in [2.75, 3.05) is 0 Å². The molecule has 1 N–H and O–H groups in total. The Balaban J connectivity index is 1.45. The third-order valence-electron chi connectivity index (χ3n) is 9.93. The molecule has 0 radical (unpaired) electrons. The van der Waals surface area contributed by atoms with Gasteiger partial charge in [0.1, 0.15) is 5.78 Å². The Morgan fingerprint density at radius 3 is 2.58 bits per heavy atom. The SMILES string of the molecule is CC[C@]12CC[C@H]3[C@@H](CC[C@@H]4C[C@H](O)CC[C@@H]43)[C@@H]1CC1C[C@]12C(C)=O. The smallest absolute Gasteiger partial charge is 0.136 e. The Bertz CT molecular complexity index is 556. The van der Waals surface area contributed by atoms with Crippen molar-refractivity contribution in [1.29, 1.82) is 0 Å². The minimum atomic E-state index is -0.0266. The molecule has 5 aliphatic rings. The Labute approximate surface area is 146 Å². The first-order valence-corrected chi connectivity index (χ1v) is 10.7. The first-order valence-electron chi connectivity index (χ1n) is 10.7. The molecule has 5 saturated carbocycles. The van der Waals surface area contributed by atoms with Crippen molar-refractivity contribution in [3.63, 3.8) is 0 Å². The van der Waals surface area contributed by atoms with Gasteiger partial charge in [-0.1, -0.05) is 6.92 Å². The van der Waals surface area contributed by atoms with Crippen molar-refractivity contribution < 1.29 is 9.90 Å². The molecule has 0 aromatic rings. The second-order valence-electron chi connectivity index (χ2n) is 10.1. The van der Waals surface area contributed by atoms with E-state index in [1.807, 2.05) is 6.92 Å². The standard InChI is InChI=1S/C22H34O2/c1-3-21-9-8-18-17-7-5-16(24)10-14(17)4-6-19(18)20(21)11-15-12-22(15,21)13(2)23/h14-20,24H,3-12H2,1-2H3/t14-,15?,16-,17+,18-,19-,20+,21+,22+/m1/s1. The minimum absolute atomic E-state index is 0.0266. The third kappa shape index (κ3) is 1.75. The van der Waals surface area contributed by atoms with E-state index in [9.17, 15) is 9.90 Å². The zero-order valence-corrected chi connectivity index (χ0v) is 15.5. The molecule has 5 aliphatic carbocycles. The summed E-state index contributed by atoms with van der Waals surface area (Å²) >= 11 is 0. The van der Waals surface area contributed by atoms with E-state index in [2.05, 4.69) is 6.92 Å². The van der Waals surface area contributed by atoms with E-state index < -0.39 is 0 Å². The average Bonchev–Trinajstić information content (AvgIpc) is 3.24. The quantitative estimate of drug-likeness (QED) is 0.803. The number of fused-ring (bicyclic) bond motifs is 7. The maximum absolute atomic E-state index is 12.6. The number of hydrogen-bond donors (Lipinski definition) is 1. The zero-order valence-electron chi connectivity index (χ0n) is 15.5. The Hall–Kier alpha value is -0.370. The number of aliphatic hydroxyl groups is 1. The molecule has 0 spiro atoms. The molecular weight excluding hydrogens is 296 g/mol. The van der Waals surface area contributed by atoms with Gasteiger partial charge < -0.3 is 5.11 Å². The molecule has 5 fully saturated rings. The molecule has 1 unspecified atom stereocenters. The van der Waals surface area contributed by atoms with Gasteiger partial charge in [-0.25, -0.2) is 0 Å².